The maximum absolute atomic E-state index is 13.0. The Morgan fingerprint density at radius 3 is 2.65 bits per heavy atom. The van der Waals surface area contributed by atoms with E-state index < -0.39 is 0 Å². The van der Waals surface area contributed by atoms with Crippen molar-refractivity contribution in [1.29, 1.82) is 0 Å². The topological polar surface area (TPSA) is 76.0 Å². The normalized spacial score (nSPS) is 16.2. The number of hydrogen-bond donors (Lipinski definition) is 2. The fraction of sp³-hybridized carbons (Fsp3) is 0.522. The molecule has 2 aromatic rings. The van der Waals surface area contributed by atoms with Gasteiger partial charge >= 0.3 is 0 Å². The van der Waals surface area contributed by atoms with Crippen LogP contribution in [0.2, 0.25) is 0 Å². The van der Waals surface area contributed by atoms with Gasteiger partial charge in [-0.3, -0.25) is 9.59 Å². The second-order valence-corrected chi connectivity index (χ2v) is 9.40. The van der Waals surface area contributed by atoms with Gasteiger partial charge in [0.05, 0.1) is 5.69 Å². The lowest BCUT2D eigenvalue weighted by atomic mass is 9.86. The van der Waals surface area contributed by atoms with Crippen molar-refractivity contribution in [1.82, 2.24) is 15.1 Å². The van der Waals surface area contributed by atoms with Crippen LogP contribution < -0.4 is 10.6 Å². The van der Waals surface area contributed by atoms with Crippen LogP contribution in [0.3, 0.4) is 0 Å². The first-order chi connectivity index (χ1) is 15.1. The van der Waals surface area contributed by atoms with Crippen LogP contribution in [0.1, 0.15) is 61.8 Å². The number of aromatic nitrogens is 2. The minimum Gasteiger partial charge on any atom is -0.350 e. The van der Waals surface area contributed by atoms with Gasteiger partial charge in [-0.15, -0.1) is 0 Å². The van der Waals surface area contributed by atoms with Crippen LogP contribution >= 0.6 is 11.8 Å². The summed E-state index contributed by atoms with van der Waals surface area (Å²) in [5, 5.41) is 10.5. The molecular formula is C23H29FN4O2S. The quantitative estimate of drug-likeness (QED) is 0.633. The molecule has 0 unspecified atom stereocenters. The summed E-state index contributed by atoms with van der Waals surface area (Å²) in [6.45, 7) is 0.357. The molecule has 0 radical (unpaired) electrons. The highest BCUT2D eigenvalue weighted by Gasteiger charge is 2.25. The molecule has 2 N–H and O–H groups in total. The van der Waals surface area contributed by atoms with Gasteiger partial charge in [0.2, 0.25) is 11.8 Å². The summed E-state index contributed by atoms with van der Waals surface area (Å²) in [5.74, 6) is 2.40. The van der Waals surface area contributed by atoms with Crippen molar-refractivity contribution < 1.29 is 14.0 Å². The molecule has 0 spiro atoms. The molecule has 1 aliphatic carbocycles. The van der Waals surface area contributed by atoms with Crippen LogP contribution in [-0.2, 0) is 34.2 Å². The Bertz CT molecular complexity index is 922. The van der Waals surface area contributed by atoms with Crippen molar-refractivity contribution in [2.75, 3.05) is 5.32 Å². The van der Waals surface area contributed by atoms with Crippen molar-refractivity contribution in [2.45, 2.75) is 69.5 Å². The number of benzene rings is 1. The predicted molar refractivity (Wildman–Crippen MR) is 120 cm³/mol. The van der Waals surface area contributed by atoms with Crippen molar-refractivity contribution in [3.05, 3.63) is 46.9 Å². The number of hydrogen-bond acceptors (Lipinski definition) is 4. The van der Waals surface area contributed by atoms with Crippen LogP contribution in [0.5, 0.6) is 0 Å². The summed E-state index contributed by atoms with van der Waals surface area (Å²) in [7, 11) is 0. The van der Waals surface area contributed by atoms with Gasteiger partial charge in [-0.2, -0.15) is 16.9 Å². The molecule has 31 heavy (non-hydrogen) atoms. The molecule has 8 heteroatoms. The zero-order chi connectivity index (χ0) is 21.6. The van der Waals surface area contributed by atoms with Crippen molar-refractivity contribution >= 4 is 29.4 Å². The van der Waals surface area contributed by atoms with E-state index in [1.165, 1.54) is 44.2 Å². The molecule has 4 rings (SSSR count). The zero-order valence-corrected chi connectivity index (χ0v) is 18.5. The minimum atomic E-state index is -0.303. The van der Waals surface area contributed by atoms with Crippen molar-refractivity contribution in [2.24, 2.45) is 5.92 Å². The number of carbonyl (C=O) groups is 2. The van der Waals surface area contributed by atoms with E-state index >= 15 is 0 Å². The van der Waals surface area contributed by atoms with Gasteiger partial charge in [0.15, 0.2) is 0 Å². The van der Waals surface area contributed by atoms with E-state index in [0.29, 0.717) is 24.7 Å². The van der Waals surface area contributed by atoms with E-state index in [-0.39, 0.29) is 24.2 Å². The summed E-state index contributed by atoms with van der Waals surface area (Å²) in [4.78, 5) is 25.1. The highest BCUT2D eigenvalue weighted by atomic mass is 32.2. The first-order valence-electron chi connectivity index (χ1n) is 11.1. The molecule has 1 aliphatic heterocycles. The molecule has 1 aromatic carbocycles. The Morgan fingerprint density at radius 2 is 1.87 bits per heavy atom. The lowest BCUT2D eigenvalue weighted by Crippen LogP contribution is -2.29. The van der Waals surface area contributed by atoms with Crippen LogP contribution in [-0.4, -0.2) is 21.6 Å². The summed E-state index contributed by atoms with van der Waals surface area (Å²) in [6, 6.07) is 6.04. The molecule has 2 heterocycles. The third kappa shape index (κ3) is 5.87. The lowest BCUT2D eigenvalue weighted by Gasteiger charge is -2.21. The fourth-order valence-electron chi connectivity index (χ4n) is 4.32. The number of halogens is 1. The van der Waals surface area contributed by atoms with Crippen molar-refractivity contribution in [3.63, 3.8) is 0 Å². The van der Waals surface area contributed by atoms with E-state index in [1.54, 1.807) is 28.6 Å². The number of rotatable bonds is 8. The smallest absolute Gasteiger partial charge is 0.242 e. The zero-order valence-electron chi connectivity index (χ0n) is 17.7. The second-order valence-electron chi connectivity index (χ2n) is 8.42. The summed E-state index contributed by atoms with van der Waals surface area (Å²) in [6.07, 6.45) is 7.75. The SMILES string of the molecule is O=C(Cn1nc2c(c1NC(=O)CCC1CCCCC1)CSC2)NCc1ccc(F)cc1. The molecule has 0 saturated heterocycles. The third-order valence-corrected chi connectivity index (χ3v) is 7.05. The van der Waals surface area contributed by atoms with Gasteiger partial charge in [-0.05, 0) is 30.0 Å². The monoisotopic (exact) mass is 444 g/mol. The van der Waals surface area contributed by atoms with Gasteiger partial charge in [-0.25, -0.2) is 9.07 Å². The molecule has 6 nitrogen and oxygen atoms in total. The molecule has 1 aromatic heterocycles. The summed E-state index contributed by atoms with van der Waals surface area (Å²) >= 11 is 1.76. The average molecular weight is 445 g/mol. The average Bonchev–Trinajstić information content (AvgIpc) is 3.35. The van der Waals surface area contributed by atoms with Crippen molar-refractivity contribution in [3.8, 4) is 0 Å². The lowest BCUT2D eigenvalue weighted by molar-refractivity contribution is -0.122. The molecule has 0 bridgehead atoms. The molecular weight excluding hydrogens is 415 g/mol. The largest absolute Gasteiger partial charge is 0.350 e. The van der Waals surface area contributed by atoms with Crippen LogP contribution in [0, 0.1) is 11.7 Å². The van der Waals surface area contributed by atoms with Crippen LogP contribution in [0.25, 0.3) is 0 Å². The highest BCUT2D eigenvalue weighted by Crippen LogP contribution is 2.35. The van der Waals surface area contributed by atoms with E-state index in [1.807, 2.05) is 0 Å². The molecule has 1 saturated carbocycles. The Morgan fingerprint density at radius 1 is 1.10 bits per heavy atom. The molecule has 2 aliphatic rings. The Kier molecular flexibility index (Phi) is 7.27. The fourth-order valence-corrected chi connectivity index (χ4v) is 5.36. The number of nitrogens with one attached hydrogen (secondary N) is 2. The van der Waals surface area contributed by atoms with Gasteiger partial charge in [0.1, 0.15) is 18.2 Å². The minimum absolute atomic E-state index is 0.00172. The molecule has 166 valence electrons. The standard InChI is InChI=1S/C23H29FN4O2S/c24-18-9-6-17(7-10-18)12-25-22(30)13-28-23(19-14-31-15-20(19)27-28)26-21(29)11-8-16-4-2-1-3-5-16/h6-7,9-10,16H,1-5,8,11-15H2,(H,25,30)(H,26,29). The first kappa shape index (κ1) is 21.9. The number of nitrogens with zero attached hydrogens (tertiary/aromatic N) is 2. The number of thioether (sulfide) groups is 1. The number of fused-ring (bicyclic) bond motifs is 1. The van der Waals surface area contributed by atoms with Gasteiger partial charge in [0.25, 0.3) is 0 Å². The molecule has 0 atom stereocenters. The maximum atomic E-state index is 13.0. The Balaban J connectivity index is 1.34. The van der Waals surface area contributed by atoms with E-state index in [4.69, 9.17) is 0 Å². The highest BCUT2D eigenvalue weighted by molar-refractivity contribution is 7.98. The summed E-state index contributed by atoms with van der Waals surface area (Å²) < 4.78 is 14.6. The van der Waals surface area contributed by atoms with Gasteiger partial charge in [0, 0.05) is 30.0 Å². The number of anilines is 1. The summed E-state index contributed by atoms with van der Waals surface area (Å²) in [5.41, 5.74) is 2.80. The third-order valence-electron chi connectivity index (χ3n) is 6.08. The Labute approximate surface area is 186 Å². The number of amides is 2. The van der Waals surface area contributed by atoms with E-state index in [0.717, 1.165) is 34.7 Å². The second kappa shape index (κ2) is 10.3. The van der Waals surface area contributed by atoms with Gasteiger partial charge < -0.3 is 10.6 Å². The van der Waals surface area contributed by atoms with Crippen LogP contribution in [0.15, 0.2) is 24.3 Å². The first-order valence-corrected chi connectivity index (χ1v) is 12.2. The molecule has 2 amide bonds. The Hall–Kier alpha value is -2.35. The van der Waals surface area contributed by atoms with E-state index in [2.05, 4.69) is 15.7 Å². The maximum Gasteiger partial charge on any atom is 0.242 e. The van der Waals surface area contributed by atoms with Gasteiger partial charge in [-0.1, -0.05) is 44.2 Å². The number of carbonyl (C=O) groups excluding carboxylic acids is 2. The molecule has 1 fully saturated rings. The predicted octanol–water partition coefficient (Wildman–Crippen LogP) is 4.38. The van der Waals surface area contributed by atoms with Crippen LogP contribution in [0.4, 0.5) is 10.2 Å². The van der Waals surface area contributed by atoms with E-state index in [9.17, 15) is 14.0 Å².